The van der Waals surface area contributed by atoms with Gasteiger partial charge in [-0.25, -0.2) is 4.79 Å². The first-order chi connectivity index (χ1) is 24.1. The maximum absolute atomic E-state index is 13.5. The third-order valence-electron chi connectivity index (χ3n) is 8.67. The van der Waals surface area contributed by atoms with Gasteiger partial charge in [0.05, 0.1) is 12.6 Å². The van der Waals surface area contributed by atoms with Gasteiger partial charge in [0.1, 0.15) is 24.2 Å². The molecule has 5 amide bonds. The van der Waals surface area contributed by atoms with Crippen LogP contribution in [0.15, 0.2) is 35.3 Å². The van der Waals surface area contributed by atoms with Gasteiger partial charge in [0, 0.05) is 6.54 Å². The number of aliphatic carboxylic acids is 1. The monoisotopic (exact) mass is 715 g/mol. The molecule has 0 spiro atoms. The van der Waals surface area contributed by atoms with E-state index >= 15 is 0 Å². The van der Waals surface area contributed by atoms with E-state index in [2.05, 4.69) is 31.6 Å². The van der Waals surface area contributed by atoms with Gasteiger partial charge in [-0.1, -0.05) is 77.3 Å². The van der Waals surface area contributed by atoms with Gasteiger partial charge in [-0.05, 0) is 55.4 Å². The van der Waals surface area contributed by atoms with E-state index in [1.807, 2.05) is 51.1 Å². The number of carbonyl (C=O) groups is 6. The Morgan fingerprint density at radius 1 is 0.863 bits per heavy atom. The van der Waals surface area contributed by atoms with Crippen molar-refractivity contribution in [2.45, 2.75) is 109 Å². The molecule has 0 aromatic heterocycles. The van der Waals surface area contributed by atoms with Gasteiger partial charge in [0.2, 0.25) is 29.5 Å². The Bertz CT molecular complexity index is 1350. The maximum Gasteiger partial charge on any atom is 0.326 e. The van der Waals surface area contributed by atoms with Crippen LogP contribution in [0.5, 0.6) is 0 Å². The highest BCUT2D eigenvalue weighted by molar-refractivity contribution is 5.95. The zero-order valence-electron chi connectivity index (χ0n) is 30.2. The number of nitrogens with zero attached hydrogens (tertiary/aromatic N) is 1. The highest BCUT2D eigenvalue weighted by atomic mass is 16.4. The van der Waals surface area contributed by atoms with Crippen molar-refractivity contribution in [1.29, 1.82) is 0 Å². The average Bonchev–Trinajstić information content (AvgIpc) is 3.90. The molecule has 16 nitrogen and oxygen atoms in total. The van der Waals surface area contributed by atoms with E-state index in [1.165, 1.54) is 0 Å². The second-order valence-corrected chi connectivity index (χ2v) is 13.7. The highest BCUT2D eigenvalue weighted by Gasteiger charge is 2.35. The summed E-state index contributed by atoms with van der Waals surface area (Å²) in [5, 5.41) is 22.7. The van der Waals surface area contributed by atoms with Crippen molar-refractivity contribution < 1.29 is 33.9 Å². The molecule has 0 bridgehead atoms. The maximum atomic E-state index is 13.5. The zero-order chi connectivity index (χ0) is 38.1. The largest absolute Gasteiger partial charge is 0.480 e. The average molecular weight is 716 g/mol. The Morgan fingerprint density at radius 3 is 2.06 bits per heavy atom. The van der Waals surface area contributed by atoms with Gasteiger partial charge >= 0.3 is 5.97 Å². The fourth-order valence-electron chi connectivity index (χ4n) is 5.37. The summed E-state index contributed by atoms with van der Waals surface area (Å²) in [4.78, 5) is 81.7. The van der Waals surface area contributed by atoms with Gasteiger partial charge in [0.15, 0.2) is 5.96 Å². The van der Waals surface area contributed by atoms with E-state index in [0.717, 1.165) is 18.4 Å². The van der Waals surface area contributed by atoms with Crippen molar-refractivity contribution in [3.05, 3.63) is 35.9 Å². The minimum atomic E-state index is -1.21. The van der Waals surface area contributed by atoms with Gasteiger partial charge in [-0.3, -0.25) is 29.0 Å². The van der Waals surface area contributed by atoms with Crippen LogP contribution in [0.3, 0.4) is 0 Å². The molecule has 284 valence electrons. The smallest absolute Gasteiger partial charge is 0.326 e. The second kappa shape index (κ2) is 21.5. The van der Waals surface area contributed by atoms with Crippen LogP contribution < -0.4 is 43.8 Å². The van der Waals surface area contributed by atoms with E-state index in [4.69, 9.17) is 17.2 Å². The number of amides is 5. The lowest BCUT2D eigenvalue weighted by Gasteiger charge is -2.27. The van der Waals surface area contributed by atoms with Crippen molar-refractivity contribution in [2.75, 3.05) is 13.1 Å². The first-order valence-corrected chi connectivity index (χ1v) is 17.7. The Kier molecular flexibility index (Phi) is 17.9. The normalized spacial score (nSPS) is 16.0. The van der Waals surface area contributed by atoms with Crippen LogP contribution in [0.2, 0.25) is 0 Å². The third kappa shape index (κ3) is 16.2. The molecule has 1 fully saturated rings. The number of carboxylic acid groups (broad SMARTS) is 1. The number of carboxylic acids is 1. The Morgan fingerprint density at radius 2 is 1.49 bits per heavy atom. The number of nitrogens with two attached hydrogens (primary N) is 3. The van der Waals surface area contributed by atoms with Gasteiger partial charge in [0.25, 0.3) is 0 Å². The molecule has 16 heteroatoms. The fraction of sp³-hybridized carbons (Fsp3) is 0.629. The van der Waals surface area contributed by atoms with Crippen molar-refractivity contribution in [3.63, 3.8) is 0 Å². The molecular weight excluding hydrogens is 658 g/mol. The fourth-order valence-corrected chi connectivity index (χ4v) is 5.37. The molecule has 1 aromatic carbocycles. The van der Waals surface area contributed by atoms with Crippen molar-refractivity contribution >= 4 is 41.5 Å². The van der Waals surface area contributed by atoms with E-state index in [-0.39, 0.29) is 43.1 Å². The van der Waals surface area contributed by atoms with E-state index in [1.54, 1.807) is 6.92 Å². The first kappa shape index (κ1) is 42.4. The van der Waals surface area contributed by atoms with Gasteiger partial charge in [-0.15, -0.1) is 0 Å². The molecule has 0 radical (unpaired) electrons. The molecule has 12 N–H and O–H groups in total. The van der Waals surface area contributed by atoms with Crippen LogP contribution in [-0.2, 0) is 35.2 Å². The van der Waals surface area contributed by atoms with Crippen LogP contribution in [0.25, 0.3) is 0 Å². The molecule has 0 unspecified atom stereocenters. The SMILES string of the molecule is CC[C@H](C)[C@H](NC(=O)[C@H](CC1CC1)NC(=O)[C@@H](N)Cc1ccccc1)C(=O)NCC(=O)N[C@@H](CCCN=C(N)N)C(=O)N[C@@H](CC(C)C)C(=O)O. The molecule has 1 aromatic rings. The standard InChI is InChI=1S/C35H57N9O7/c1-5-21(4)29(44-32(48)26(18-23-13-14-23)42-30(46)24(36)17-22-10-7-6-8-11-22)33(49)40-19-28(45)41-25(12-9-15-39-35(37)38)31(47)43-27(34(50)51)16-20(2)3/h6-8,10-11,20-21,23-27,29H,5,9,12-19,36H2,1-4H3,(H,40,49)(H,41,45)(H,42,46)(H,43,47)(H,44,48)(H,50,51)(H4,37,38,39)/t21-,24-,25-,26-,27-,29-/m0/s1. The quantitative estimate of drug-likeness (QED) is 0.0403. The van der Waals surface area contributed by atoms with Crippen molar-refractivity contribution in [3.8, 4) is 0 Å². The molecule has 1 saturated carbocycles. The Hall–Kier alpha value is -4.73. The molecule has 2 rings (SSSR count). The lowest BCUT2D eigenvalue weighted by Crippen LogP contribution is -2.58. The third-order valence-corrected chi connectivity index (χ3v) is 8.67. The van der Waals surface area contributed by atoms with E-state index in [9.17, 15) is 33.9 Å². The number of guanidine groups is 1. The molecule has 6 atom stereocenters. The molecule has 51 heavy (non-hydrogen) atoms. The molecule has 1 aliphatic carbocycles. The summed E-state index contributed by atoms with van der Waals surface area (Å²) < 4.78 is 0. The van der Waals surface area contributed by atoms with Crippen molar-refractivity contribution in [2.24, 2.45) is 39.9 Å². The van der Waals surface area contributed by atoms with Crippen LogP contribution in [0.4, 0.5) is 0 Å². The summed E-state index contributed by atoms with van der Waals surface area (Å²) in [5.74, 6) is -4.47. The first-order valence-electron chi connectivity index (χ1n) is 17.7. The predicted octanol–water partition coefficient (Wildman–Crippen LogP) is -0.358. The molecule has 1 aliphatic rings. The number of hydrogen-bond donors (Lipinski definition) is 9. The Balaban J connectivity index is 2.07. The lowest BCUT2D eigenvalue weighted by molar-refractivity contribution is -0.142. The number of carbonyl (C=O) groups excluding carboxylic acids is 5. The molecular formula is C35H57N9O7. The topological polar surface area (TPSA) is 273 Å². The van der Waals surface area contributed by atoms with Crippen LogP contribution in [-0.4, -0.2) is 89.9 Å². The second-order valence-electron chi connectivity index (χ2n) is 13.7. The predicted molar refractivity (Wildman–Crippen MR) is 193 cm³/mol. The summed E-state index contributed by atoms with van der Waals surface area (Å²) in [6.07, 6.45) is 3.64. The number of rotatable bonds is 23. The summed E-state index contributed by atoms with van der Waals surface area (Å²) in [7, 11) is 0. The van der Waals surface area contributed by atoms with Crippen LogP contribution in [0.1, 0.15) is 78.2 Å². The number of aliphatic imine (C=N–C) groups is 1. The zero-order valence-corrected chi connectivity index (χ0v) is 30.2. The summed E-state index contributed by atoms with van der Waals surface area (Å²) in [6, 6.07) is 4.19. The van der Waals surface area contributed by atoms with Crippen LogP contribution in [0, 0.1) is 17.8 Å². The van der Waals surface area contributed by atoms with E-state index < -0.39 is 72.3 Å². The summed E-state index contributed by atoms with van der Waals surface area (Å²) >= 11 is 0. The summed E-state index contributed by atoms with van der Waals surface area (Å²) in [5.41, 5.74) is 17.8. The van der Waals surface area contributed by atoms with Crippen molar-refractivity contribution in [1.82, 2.24) is 26.6 Å². The number of nitrogens with one attached hydrogen (secondary N) is 5. The van der Waals surface area contributed by atoms with Gasteiger partial charge in [-0.2, -0.15) is 0 Å². The molecule has 0 saturated heterocycles. The number of hydrogen-bond acceptors (Lipinski definition) is 8. The highest BCUT2D eigenvalue weighted by Crippen LogP contribution is 2.33. The number of benzene rings is 1. The lowest BCUT2D eigenvalue weighted by atomic mass is 9.97. The van der Waals surface area contributed by atoms with Crippen LogP contribution >= 0.6 is 0 Å². The minimum Gasteiger partial charge on any atom is -0.480 e. The molecule has 0 aliphatic heterocycles. The van der Waals surface area contributed by atoms with E-state index in [0.29, 0.717) is 25.7 Å². The Labute approximate surface area is 299 Å². The summed E-state index contributed by atoms with van der Waals surface area (Å²) in [6.45, 7) is 6.92. The van der Waals surface area contributed by atoms with Gasteiger partial charge < -0.3 is 48.9 Å². The minimum absolute atomic E-state index is 0.0204. The molecule has 0 heterocycles.